The smallest absolute Gasteiger partial charge is 0.308 e. The molecule has 0 spiro atoms. The number of amides is 1. The first kappa shape index (κ1) is 19.0. The van der Waals surface area contributed by atoms with Crippen molar-refractivity contribution in [2.45, 2.75) is 30.9 Å². The van der Waals surface area contributed by atoms with Gasteiger partial charge in [0.2, 0.25) is 0 Å². The Hall–Kier alpha value is -2.09. The second-order valence-electron chi connectivity index (χ2n) is 5.53. The minimum Gasteiger partial charge on any atom is -0.481 e. The standard InChI is InChI=1S/C15H20N2O5S/c1-9(2)23-13-6-5-11(17(21)22)7-12(13)14(18)16(4)8-10(3)15(19)20/h5-7,9-10H,8H2,1-4H3,(H,19,20). The zero-order valence-corrected chi connectivity index (χ0v) is 14.3. The monoisotopic (exact) mass is 340 g/mol. The molecular weight excluding hydrogens is 320 g/mol. The Kier molecular flexibility index (Phi) is 6.56. The van der Waals surface area contributed by atoms with Crippen molar-refractivity contribution in [3.05, 3.63) is 33.9 Å². The quantitative estimate of drug-likeness (QED) is 0.465. The van der Waals surface area contributed by atoms with Gasteiger partial charge in [0, 0.05) is 35.9 Å². The van der Waals surface area contributed by atoms with Crippen LogP contribution < -0.4 is 0 Å². The van der Waals surface area contributed by atoms with Crippen molar-refractivity contribution in [3.8, 4) is 0 Å². The third-order valence-electron chi connectivity index (χ3n) is 3.08. The van der Waals surface area contributed by atoms with Crippen LogP contribution in [-0.4, -0.2) is 45.6 Å². The highest BCUT2D eigenvalue weighted by Crippen LogP contribution is 2.30. The van der Waals surface area contributed by atoms with Gasteiger partial charge in [-0.15, -0.1) is 11.8 Å². The maximum absolute atomic E-state index is 12.6. The Bertz CT molecular complexity index is 618. The molecule has 0 fully saturated rings. The molecule has 1 aromatic carbocycles. The lowest BCUT2D eigenvalue weighted by atomic mass is 10.1. The molecule has 1 N–H and O–H groups in total. The van der Waals surface area contributed by atoms with Crippen molar-refractivity contribution in [2.75, 3.05) is 13.6 Å². The number of hydrogen-bond acceptors (Lipinski definition) is 5. The van der Waals surface area contributed by atoms with E-state index in [2.05, 4.69) is 0 Å². The Morgan fingerprint density at radius 3 is 2.43 bits per heavy atom. The van der Waals surface area contributed by atoms with E-state index in [1.54, 1.807) is 6.07 Å². The van der Waals surface area contributed by atoms with Gasteiger partial charge in [-0.1, -0.05) is 20.8 Å². The van der Waals surface area contributed by atoms with E-state index >= 15 is 0 Å². The molecule has 0 radical (unpaired) electrons. The highest BCUT2D eigenvalue weighted by atomic mass is 32.2. The summed E-state index contributed by atoms with van der Waals surface area (Å²) in [4.78, 5) is 35.8. The summed E-state index contributed by atoms with van der Waals surface area (Å²) in [5.74, 6) is -2.14. The summed E-state index contributed by atoms with van der Waals surface area (Å²) in [6.45, 7) is 5.44. The summed E-state index contributed by atoms with van der Waals surface area (Å²) in [6.07, 6.45) is 0. The molecule has 0 heterocycles. The van der Waals surface area contributed by atoms with Crippen molar-refractivity contribution in [2.24, 2.45) is 5.92 Å². The number of non-ortho nitro benzene ring substituents is 1. The van der Waals surface area contributed by atoms with Gasteiger partial charge in [-0.05, 0) is 6.07 Å². The lowest BCUT2D eigenvalue weighted by Crippen LogP contribution is -2.34. The number of nitro benzene ring substituents is 1. The van der Waals surface area contributed by atoms with Crippen LogP contribution in [0.25, 0.3) is 0 Å². The van der Waals surface area contributed by atoms with Crippen molar-refractivity contribution >= 4 is 29.3 Å². The molecule has 1 atom stereocenters. The van der Waals surface area contributed by atoms with Gasteiger partial charge >= 0.3 is 5.97 Å². The Balaban J connectivity index is 3.15. The van der Waals surface area contributed by atoms with E-state index in [0.29, 0.717) is 4.90 Å². The van der Waals surface area contributed by atoms with Gasteiger partial charge in [0.1, 0.15) is 0 Å². The maximum Gasteiger partial charge on any atom is 0.308 e. The van der Waals surface area contributed by atoms with Crippen LogP contribution >= 0.6 is 11.8 Å². The molecule has 1 rings (SSSR count). The second kappa shape index (κ2) is 7.96. The summed E-state index contributed by atoms with van der Waals surface area (Å²) in [6, 6.07) is 4.17. The molecule has 0 aliphatic heterocycles. The molecule has 1 amide bonds. The molecule has 0 aliphatic carbocycles. The maximum atomic E-state index is 12.6. The van der Waals surface area contributed by atoms with Crippen LogP contribution in [0.5, 0.6) is 0 Å². The van der Waals surface area contributed by atoms with Crippen LogP contribution in [0.2, 0.25) is 0 Å². The summed E-state index contributed by atoms with van der Waals surface area (Å²) >= 11 is 1.43. The molecule has 0 bridgehead atoms. The first-order valence-corrected chi connectivity index (χ1v) is 7.94. The number of carboxylic acid groups (broad SMARTS) is 1. The number of carbonyl (C=O) groups is 2. The van der Waals surface area contributed by atoms with Gasteiger partial charge in [-0.3, -0.25) is 19.7 Å². The largest absolute Gasteiger partial charge is 0.481 e. The van der Waals surface area contributed by atoms with E-state index < -0.39 is 22.7 Å². The molecule has 0 saturated heterocycles. The van der Waals surface area contributed by atoms with Crippen LogP contribution in [0, 0.1) is 16.0 Å². The first-order valence-electron chi connectivity index (χ1n) is 7.06. The Morgan fingerprint density at radius 1 is 1.35 bits per heavy atom. The molecule has 1 aromatic rings. The van der Waals surface area contributed by atoms with E-state index in [9.17, 15) is 19.7 Å². The number of aliphatic carboxylic acids is 1. The third-order valence-corrected chi connectivity index (χ3v) is 4.16. The van der Waals surface area contributed by atoms with Gasteiger partial charge in [0.25, 0.3) is 11.6 Å². The minimum atomic E-state index is -1.000. The highest BCUT2D eigenvalue weighted by Gasteiger charge is 2.23. The van der Waals surface area contributed by atoms with Gasteiger partial charge < -0.3 is 10.0 Å². The highest BCUT2D eigenvalue weighted by molar-refractivity contribution is 8.00. The van der Waals surface area contributed by atoms with E-state index in [1.165, 1.54) is 42.8 Å². The fourth-order valence-corrected chi connectivity index (χ4v) is 2.86. The molecule has 0 saturated carbocycles. The number of nitrogens with zero attached hydrogens (tertiary/aromatic N) is 2. The third kappa shape index (κ3) is 5.24. The molecule has 0 aliphatic rings. The first-order chi connectivity index (χ1) is 10.6. The number of carbonyl (C=O) groups excluding carboxylic acids is 1. The van der Waals surface area contributed by atoms with Crippen LogP contribution in [0.4, 0.5) is 5.69 Å². The van der Waals surface area contributed by atoms with Gasteiger partial charge in [0.15, 0.2) is 0 Å². The molecule has 0 aromatic heterocycles. The molecule has 23 heavy (non-hydrogen) atoms. The lowest BCUT2D eigenvalue weighted by Gasteiger charge is -2.21. The average molecular weight is 340 g/mol. The van der Waals surface area contributed by atoms with Crippen LogP contribution in [0.1, 0.15) is 31.1 Å². The van der Waals surface area contributed by atoms with E-state index in [4.69, 9.17) is 5.11 Å². The SMILES string of the molecule is CC(C)Sc1ccc([N+](=O)[O-])cc1C(=O)N(C)CC(C)C(=O)O. The fourth-order valence-electron chi connectivity index (χ4n) is 1.93. The van der Waals surface area contributed by atoms with Crippen LogP contribution in [0.3, 0.4) is 0 Å². The number of hydrogen-bond donors (Lipinski definition) is 1. The number of benzene rings is 1. The van der Waals surface area contributed by atoms with Gasteiger partial charge in [0.05, 0.1) is 16.4 Å². The Morgan fingerprint density at radius 2 is 1.96 bits per heavy atom. The zero-order valence-electron chi connectivity index (χ0n) is 13.5. The minimum absolute atomic E-state index is 0.0304. The normalized spacial score (nSPS) is 12.0. The van der Waals surface area contributed by atoms with Crippen molar-refractivity contribution < 1.29 is 19.6 Å². The zero-order chi connectivity index (χ0) is 17.7. The molecule has 126 valence electrons. The summed E-state index contributed by atoms with van der Waals surface area (Å²) < 4.78 is 0. The summed E-state index contributed by atoms with van der Waals surface area (Å²) in [7, 11) is 1.49. The molecular formula is C15H20N2O5S. The van der Waals surface area contributed by atoms with E-state index in [-0.39, 0.29) is 23.0 Å². The van der Waals surface area contributed by atoms with Crippen LogP contribution in [0.15, 0.2) is 23.1 Å². The molecule has 7 nitrogen and oxygen atoms in total. The predicted molar refractivity (Wildman–Crippen MR) is 87.8 cm³/mol. The summed E-state index contributed by atoms with van der Waals surface area (Å²) in [5.41, 5.74) is 0.0547. The van der Waals surface area contributed by atoms with Gasteiger partial charge in [-0.2, -0.15) is 0 Å². The number of carboxylic acids is 1. The number of rotatable bonds is 7. The van der Waals surface area contributed by atoms with E-state index in [1.807, 2.05) is 13.8 Å². The van der Waals surface area contributed by atoms with Crippen molar-refractivity contribution in [1.29, 1.82) is 0 Å². The van der Waals surface area contributed by atoms with Crippen LogP contribution in [-0.2, 0) is 4.79 Å². The van der Waals surface area contributed by atoms with Crippen molar-refractivity contribution in [3.63, 3.8) is 0 Å². The predicted octanol–water partition coefficient (Wildman–Crippen LogP) is 2.89. The molecule has 8 heteroatoms. The lowest BCUT2D eigenvalue weighted by molar-refractivity contribution is -0.384. The summed E-state index contributed by atoms with van der Waals surface area (Å²) in [5, 5.41) is 20.1. The topological polar surface area (TPSA) is 101 Å². The Labute approximate surface area is 138 Å². The number of nitro groups is 1. The van der Waals surface area contributed by atoms with Gasteiger partial charge in [-0.25, -0.2) is 0 Å². The average Bonchev–Trinajstić information content (AvgIpc) is 2.45. The van der Waals surface area contributed by atoms with E-state index in [0.717, 1.165) is 0 Å². The number of thioether (sulfide) groups is 1. The van der Waals surface area contributed by atoms with Crippen molar-refractivity contribution in [1.82, 2.24) is 4.90 Å². The second-order valence-corrected chi connectivity index (χ2v) is 7.15. The molecule has 1 unspecified atom stereocenters. The fraction of sp³-hybridized carbons (Fsp3) is 0.467.